The molecular formula is C15H19N5O3. The van der Waals surface area contributed by atoms with Crippen molar-refractivity contribution in [3.8, 4) is 0 Å². The third kappa shape index (κ3) is 4.53. The minimum atomic E-state index is -0.314. The summed E-state index contributed by atoms with van der Waals surface area (Å²) >= 11 is 0. The molecule has 0 aliphatic heterocycles. The van der Waals surface area contributed by atoms with E-state index in [2.05, 4.69) is 20.6 Å². The lowest BCUT2D eigenvalue weighted by Gasteiger charge is -2.17. The molecule has 2 aromatic rings. The molecule has 0 saturated heterocycles. The van der Waals surface area contributed by atoms with Crippen molar-refractivity contribution in [1.29, 1.82) is 0 Å². The molecule has 3 amide bonds. The fraction of sp³-hybridized carbons (Fsp3) is 0.333. The summed E-state index contributed by atoms with van der Waals surface area (Å²) in [6.45, 7) is 2.27. The lowest BCUT2D eigenvalue weighted by atomic mass is 10.2. The fourth-order valence-corrected chi connectivity index (χ4v) is 2.05. The van der Waals surface area contributed by atoms with Gasteiger partial charge in [-0.2, -0.15) is 0 Å². The Balaban J connectivity index is 1.97. The lowest BCUT2D eigenvalue weighted by Crippen LogP contribution is -2.41. The predicted octanol–water partition coefficient (Wildman–Crippen LogP) is 0.201. The average molecular weight is 317 g/mol. The molecule has 122 valence electrons. The van der Waals surface area contributed by atoms with Gasteiger partial charge in [-0.25, -0.2) is 9.78 Å². The molecule has 1 aromatic heterocycles. The number of fused-ring (bicyclic) bond motifs is 1. The second-order valence-electron chi connectivity index (χ2n) is 5.10. The monoisotopic (exact) mass is 317 g/mol. The lowest BCUT2D eigenvalue weighted by molar-refractivity contribution is -0.118. The number of urea groups is 1. The third-order valence-electron chi connectivity index (χ3n) is 3.17. The molecule has 0 saturated carbocycles. The smallest absolute Gasteiger partial charge is 0.317 e. The molecule has 0 aliphatic rings. The van der Waals surface area contributed by atoms with E-state index in [-0.39, 0.29) is 24.0 Å². The van der Waals surface area contributed by atoms with Gasteiger partial charge in [0.1, 0.15) is 5.82 Å². The van der Waals surface area contributed by atoms with E-state index in [1.54, 1.807) is 31.3 Å². The summed E-state index contributed by atoms with van der Waals surface area (Å²) < 4.78 is 0. The van der Waals surface area contributed by atoms with Crippen LogP contribution in [-0.2, 0) is 11.3 Å². The number of benzene rings is 1. The zero-order chi connectivity index (χ0) is 16.8. The standard InChI is InChI=1S/C15H19N5O3/c1-10(21)16-7-8-17-15(23)20(2)9-13-18-12-6-4-3-5-11(12)14(22)19-13/h3-6H,7-9H2,1-2H3,(H,16,21)(H,17,23)(H,18,19,22). The van der Waals surface area contributed by atoms with Crippen LogP contribution in [0.25, 0.3) is 10.9 Å². The molecule has 0 atom stereocenters. The minimum absolute atomic E-state index is 0.148. The summed E-state index contributed by atoms with van der Waals surface area (Å²) in [6, 6.07) is 6.71. The zero-order valence-electron chi connectivity index (χ0n) is 13.0. The SMILES string of the molecule is CC(=O)NCCNC(=O)N(C)Cc1nc2ccccc2c(=O)[nH]1. The Labute approximate surface area is 132 Å². The first kappa shape index (κ1) is 16.5. The summed E-state index contributed by atoms with van der Waals surface area (Å²) in [4.78, 5) is 43.0. The number of nitrogens with one attached hydrogen (secondary N) is 3. The first-order chi connectivity index (χ1) is 11.0. The van der Waals surface area contributed by atoms with Crippen LogP contribution in [0.4, 0.5) is 4.79 Å². The van der Waals surface area contributed by atoms with Crippen molar-refractivity contribution in [3.63, 3.8) is 0 Å². The summed E-state index contributed by atoms with van der Waals surface area (Å²) in [5.74, 6) is 0.263. The highest BCUT2D eigenvalue weighted by Crippen LogP contribution is 2.06. The van der Waals surface area contributed by atoms with Gasteiger partial charge in [-0.05, 0) is 12.1 Å². The Morgan fingerprint density at radius 2 is 1.91 bits per heavy atom. The average Bonchev–Trinajstić information content (AvgIpc) is 2.51. The fourth-order valence-electron chi connectivity index (χ4n) is 2.05. The highest BCUT2D eigenvalue weighted by molar-refractivity contribution is 5.77. The van der Waals surface area contributed by atoms with Crippen LogP contribution in [-0.4, -0.2) is 46.9 Å². The van der Waals surface area contributed by atoms with Crippen molar-refractivity contribution in [1.82, 2.24) is 25.5 Å². The van der Waals surface area contributed by atoms with Gasteiger partial charge in [0, 0.05) is 27.1 Å². The molecule has 8 heteroatoms. The molecule has 0 aliphatic carbocycles. The second kappa shape index (κ2) is 7.39. The van der Waals surface area contributed by atoms with Crippen LogP contribution in [0.2, 0.25) is 0 Å². The van der Waals surface area contributed by atoms with Crippen LogP contribution in [0.3, 0.4) is 0 Å². The van der Waals surface area contributed by atoms with E-state index in [1.807, 2.05) is 0 Å². The molecule has 3 N–H and O–H groups in total. The number of hydrogen-bond acceptors (Lipinski definition) is 4. The molecule has 2 rings (SSSR count). The number of H-pyrrole nitrogens is 1. The first-order valence-corrected chi connectivity index (χ1v) is 7.18. The van der Waals surface area contributed by atoms with E-state index < -0.39 is 0 Å². The van der Waals surface area contributed by atoms with Crippen LogP contribution >= 0.6 is 0 Å². The van der Waals surface area contributed by atoms with Gasteiger partial charge >= 0.3 is 6.03 Å². The number of amides is 3. The molecule has 0 radical (unpaired) electrons. The summed E-state index contributed by atoms with van der Waals surface area (Å²) in [5.41, 5.74) is 0.357. The molecule has 23 heavy (non-hydrogen) atoms. The highest BCUT2D eigenvalue weighted by Gasteiger charge is 2.11. The molecule has 0 unspecified atom stereocenters. The predicted molar refractivity (Wildman–Crippen MR) is 85.9 cm³/mol. The maximum absolute atomic E-state index is 12.0. The highest BCUT2D eigenvalue weighted by atomic mass is 16.2. The number of rotatable bonds is 5. The Bertz CT molecular complexity index is 771. The van der Waals surface area contributed by atoms with Gasteiger partial charge in [0.15, 0.2) is 0 Å². The largest absolute Gasteiger partial charge is 0.355 e. The summed E-state index contributed by atoms with van der Waals surface area (Å²) in [7, 11) is 1.60. The Hall–Kier alpha value is -2.90. The molecule has 0 fully saturated rings. The van der Waals surface area contributed by atoms with E-state index in [9.17, 15) is 14.4 Å². The first-order valence-electron chi connectivity index (χ1n) is 7.18. The van der Waals surface area contributed by atoms with Crippen molar-refractivity contribution in [2.75, 3.05) is 20.1 Å². The van der Waals surface area contributed by atoms with Crippen LogP contribution < -0.4 is 16.2 Å². The normalized spacial score (nSPS) is 10.3. The van der Waals surface area contributed by atoms with Crippen molar-refractivity contribution >= 4 is 22.8 Å². The molecular weight excluding hydrogens is 298 g/mol. The van der Waals surface area contributed by atoms with Crippen LogP contribution in [0, 0.1) is 0 Å². The number of hydrogen-bond donors (Lipinski definition) is 3. The van der Waals surface area contributed by atoms with Crippen molar-refractivity contribution in [2.24, 2.45) is 0 Å². The van der Waals surface area contributed by atoms with Gasteiger partial charge in [0.2, 0.25) is 5.91 Å². The number of nitrogens with zero attached hydrogens (tertiary/aromatic N) is 2. The Morgan fingerprint density at radius 3 is 2.65 bits per heavy atom. The molecule has 1 heterocycles. The Kier molecular flexibility index (Phi) is 5.29. The number of aromatic amines is 1. The van der Waals surface area contributed by atoms with Crippen LogP contribution in [0.5, 0.6) is 0 Å². The van der Waals surface area contributed by atoms with Crippen molar-refractivity contribution in [2.45, 2.75) is 13.5 Å². The molecule has 8 nitrogen and oxygen atoms in total. The topological polar surface area (TPSA) is 107 Å². The van der Waals surface area contributed by atoms with E-state index in [1.165, 1.54) is 11.8 Å². The summed E-state index contributed by atoms with van der Waals surface area (Å²) in [6.07, 6.45) is 0. The molecule has 0 spiro atoms. The van der Waals surface area contributed by atoms with Crippen LogP contribution in [0.15, 0.2) is 29.1 Å². The van der Waals surface area contributed by atoms with E-state index >= 15 is 0 Å². The number of carbonyl (C=O) groups excluding carboxylic acids is 2. The van der Waals surface area contributed by atoms with Crippen LogP contribution in [0.1, 0.15) is 12.7 Å². The van der Waals surface area contributed by atoms with Gasteiger partial charge in [0.05, 0.1) is 17.4 Å². The van der Waals surface area contributed by atoms with Gasteiger partial charge in [0.25, 0.3) is 5.56 Å². The van der Waals surface area contributed by atoms with Crippen molar-refractivity contribution < 1.29 is 9.59 Å². The van der Waals surface area contributed by atoms with Gasteiger partial charge in [-0.15, -0.1) is 0 Å². The van der Waals surface area contributed by atoms with Gasteiger partial charge < -0.3 is 20.5 Å². The number of carbonyl (C=O) groups is 2. The zero-order valence-corrected chi connectivity index (χ0v) is 13.0. The van der Waals surface area contributed by atoms with E-state index in [0.29, 0.717) is 29.8 Å². The maximum atomic E-state index is 12.0. The molecule has 0 bridgehead atoms. The maximum Gasteiger partial charge on any atom is 0.317 e. The summed E-state index contributed by atoms with van der Waals surface area (Å²) in [5, 5.41) is 5.76. The van der Waals surface area contributed by atoms with Gasteiger partial charge in [-0.3, -0.25) is 9.59 Å². The number of aromatic nitrogens is 2. The van der Waals surface area contributed by atoms with E-state index in [4.69, 9.17) is 0 Å². The minimum Gasteiger partial charge on any atom is -0.355 e. The Morgan fingerprint density at radius 1 is 1.22 bits per heavy atom. The molecule has 1 aromatic carbocycles. The number of para-hydroxylation sites is 1. The second-order valence-corrected chi connectivity index (χ2v) is 5.10. The third-order valence-corrected chi connectivity index (χ3v) is 3.17. The quantitative estimate of drug-likeness (QED) is 0.685. The van der Waals surface area contributed by atoms with Crippen molar-refractivity contribution in [3.05, 3.63) is 40.4 Å². The van der Waals surface area contributed by atoms with Gasteiger partial charge in [-0.1, -0.05) is 12.1 Å². The van der Waals surface area contributed by atoms with E-state index in [0.717, 1.165) is 0 Å².